The van der Waals surface area contributed by atoms with Crippen molar-refractivity contribution >= 4 is 34.3 Å². The van der Waals surface area contributed by atoms with Crippen molar-refractivity contribution in [3.8, 4) is 0 Å². The van der Waals surface area contributed by atoms with E-state index in [1.807, 2.05) is 20.8 Å². The van der Waals surface area contributed by atoms with E-state index in [0.29, 0.717) is 4.47 Å². The molecule has 0 bridgehead atoms. The highest BCUT2D eigenvalue weighted by atomic mass is 35.5. The normalized spacial score (nSPS) is 26.0. The average Bonchev–Trinajstić information content (AvgIpc) is 2.86. The Morgan fingerprint density at radius 1 is 1.43 bits per heavy atom. The van der Waals surface area contributed by atoms with Crippen LogP contribution in [-0.2, 0) is 17.8 Å². The number of nitrogens with zero attached hydrogens (tertiary/aromatic N) is 1. The Hall–Kier alpha value is 0.150. The second-order valence-electron chi connectivity index (χ2n) is 7.00. The molecule has 2 N–H and O–H groups in total. The summed E-state index contributed by atoms with van der Waals surface area (Å²) in [5.74, 6) is 0. The Morgan fingerprint density at radius 3 is 2.71 bits per heavy atom. The van der Waals surface area contributed by atoms with Crippen LogP contribution in [0.1, 0.15) is 50.2 Å². The molecule has 118 valence electrons. The molecule has 1 unspecified atom stereocenters. The van der Waals surface area contributed by atoms with E-state index in [1.165, 1.54) is 4.88 Å². The summed E-state index contributed by atoms with van der Waals surface area (Å²) in [7, 11) is 0. The number of fused-ring (bicyclic) bond motifs is 1. The van der Waals surface area contributed by atoms with Gasteiger partial charge in [-0.3, -0.25) is 0 Å². The first-order valence-electron chi connectivity index (χ1n) is 7.36. The minimum atomic E-state index is -1.09. The molecule has 3 rings (SSSR count). The number of hydrogen-bond donors (Lipinski definition) is 2. The molecule has 2 heterocycles. The largest absolute Gasteiger partial charge is 0.598 e. The third kappa shape index (κ3) is 2.99. The summed E-state index contributed by atoms with van der Waals surface area (Å²) in [5, 5.41) is 3.42. The van der Waals surface area contributed by atoms with E-state index in [1.54, 1.807) is 11.3 Å². The first kappa shape index (κ1) is 16.0. The number of piperidine rings is 1. The van der Waals surface area contributed by atoms with Crippen LogP contribution < -0.4 is 10.0 Å². The number of thiazole rings is 1. The Balaban J connectivity index is 1.90. The highest BCUT2D eigenvalue weighted by molar-refractivity contribution is 7.90. The molecule has 1 spiro atoms. The van der Waals surface area contributed by atoms with E-state index in [-0.39, 0.29) is 16.2 Å². The molecule has 21 heavy (non-hydrogen) atoms. The molecule has 0 radical (unpaired) electrons. The van der Waals surface area contributed by atoms with E-state index in [4.69, 9.17) is 11.6 Å². The zero-order valence-corrected chi connectivity index (χ0v) is 15.1. The van der Waals surface area contributed by atoms with E-state index < -0.39 is 11.4 Å². The van der Waals surface area contributed by atoms with Crippen molar-refractivity contribution in [1.82, 2.24) is 15.0 Å². The van der Waals surface area contributed by atoms with Crippen LogP contribution >= 0.6 is 22.9 Å². The minimum absolute atomic E-state index is 0.111. The van der Waals surface area contributed by atoms with Crippen LogP contribution in [0, 0.1) is 5.41 Å². The second kappa shape index (κ2) is 5.65. The van der Waals surface area contributed by atoms with E-state index >= 15 is 0 Å². The van der Waals surface area contributed by atoms with Gasteiger partial charge in [0.2, 0.25) is 0 Å². The SMILES string of the molecule is CC(C)(C)[S+]([O-])N[C@H]1c2sc(Cl)nc2CC12CCNCC2. The number of aromatic nitrogens is 1. The summed E-state index contributed by atoms with van der Waals surface area (Å²) < 4.78 is 16.3. The predicted octanol–water partition coefficient (Wildman–Crippen LogP) is 2.82. The van der Waals surface area contributed by atoms with Gasteiger partial charge >= 0.3 is 0 Å². The van der Waals surface area contributed by atoms with Gasteiger partial charge < -0.3 is 9.87 Å². The Morgan fingerprint density at radius 2 is 2.10 bits per heavy atom. The van der Waals surface area contributed by atoms with Gasteiger partial charge in [-0.15, -0.1) is 16.1 Å². The molecule has 1 aromatic rings. The van der Waals surface area contributed by atoms with Crippen LogP contribution in [-0.4, -0.2) is 27.4 Å². The van der Waals surface area contributed by atoms with Gasteiger partial charge in [0.1, 0.15) is 4.75 Å². The predicted molar refractivity (Wildman–Crippen MR) is 89.1 cm³/mol. The Kier molecular flexibility index (Phi) is 4.31. The average molecular weight is 348 g/mol. The van der Waals surface area contributed by atoms with Crippen LogP contribution in [0.3, 0.4) is 0 Å². The van der Waals surface area contributed by atoms with E-state index in [9.17, 15) is 4.55 Å². The van der Waals surface area contributed by atoms with Crippen molar-refractivity contribution in [1.29, 1.82) is 0 Å². The fourth-order valence-electron chi connectivity index (χ4n) is 3.25. The quantitative estimate of drug-likeness (QED) is 0.808. The fraction of sp³-hybridized carbons (Fsp3) is 0.786. The van der Waals surface area contributed by atoms with Crippen LogP contribution in [0.4, 0.5) is 0 Å². The van der Waals surface area contributed by atoms with E-state index in [2.05, 4.69) is 15.0 Å². The smallest absolute Gasteiger partial charge is 0.184 e. The standard InChI is InChI=1S/C14H22ClN3OS2/c1-13(2,3)21(19)18-11-10-9(17-12(15)20-10)8-14(11)4-6-16-7-5-14/h11,16,18H,4-8H2,1-3H3/t11-,21?/m0/s1. The molecule has 7 heteroatoms. The fourth-order valence-corrected chi connectivity index (χ4v) is 5.61. The maximum Gasteiger partial charge on any atom is 0.184 e. The summed E-state index contributed by atoms with van der Waals surface area (Å²) >= 11 is 6.54. The van der Waals surface area contributed by atoms with Crippen molar-refractivity contribution in [2.75, 3.05) is 13.1 Å². The highest BCUT2D eigenvalue weighted by Crippen LogP contribution is 2.53. The van der Waals surface area contributed by atoms with E-state index in [0.717, 1.165) is 38.0 Å². The Labute approximate surface area is 138 Å². The zero-order chi connectivity index (χ0) is 15.3. The molecule has 0 aromatic carbocycles. The van der Waals surface area contributed by atoms with Gasteiger partial charge in [0, 0.05) is 16.8 Å². The van der Waals surface area contributed by atoms with Gasteiger partial charge in [0.15, 0.2) is 4.47 Å². The molecule has 1 aliphatic heterocycles. The minimum Gasteiger partial charge on any atom is -0.598 e. The molecular formula is C14H22ClN3OS2. The van der Waals surface area contributed by atoms with Crippen LogP contribution in [0.15, 0.2) is 0 Å². The second-order valence-corrected chi connectivity index (χ2v) is 10.6. The molecular weight excluding hydrogens is 326 g/mol. The molecule has 2 atom stereocenters. The lowest BCUT2D eigenvalue weighted by Gasteiger charge is -2.40. The summed E-state index contributed by atoms with van der Waals surface area (Å²) in [4.78, 5) is 5.68. The van der Waals surface area contributed by atoms with Crippen molar-refractivity contribution in [2.45, 2.75) is 50.8 Å². The molecule has 1 saturated heterocycles. The summed E-state index contributed by atoms with van der Waals surface area (Å²) in [5.41, 5.74) is 1.25. The molecule has 1 aliphatic carbocycles. The molecule has 4 nitrogen and oxygen atoms in total. The first-order chi connectivity index (χ1) is 9.82. The zero-order valence-electron chi connectivity index (χ0n) is 12.7. The van der Waals surface area contributed by atoms with Gasteiger partial charge in [-0.05, 0) is 53.1 Å². The van der Waals surface area contributed by atoms with Gasteiger partial charge in [0.25, 0.3) is 0 Å². The molecule has 1 fully saturated rings. The summed E-state index contributed by atoms with van der Waals surface area (Å²) in [6.45, 7) is 8.04. The summed E-state index contributed by atoms with van der Waals surface area (Å²) in [6, 6.07) is 0.111. The topological polar surface area (TPSA) is 60.0 Å². The van der Waals surface area contributed by atoms with Gasteiger partial charge in [-0.2, -0.15) is 0 Å². The lowest BCUT2D eigenvalue weighted by atomic mass is 9.74. The van der Waals surface area contributed by atoms with Gasteiger partial charge in [-0.25, -0.2) is 4.98 Å². The lowest BCUT2D eigenvalue weighted by Crippen LogP contribution is -2.48. The third-order valence-electron chi connectivity index (χ3n) is 4.48. The highest BCUT2D eigenvalue weighted by Gasteiger charge is 2.51. The van der Waals surface area contributed by atoms with Crippen molar-refractivity contribution in [3.63, 3.8) is 0 Å². The molecule has 2 aliphatic rings. The van der Waals surface area contributed by atoms with Crippen LogP contribution in [0.5, 0.6) is 0 Å². The Bertz CT molecular complexity index is 523. The van der Waals surface area contributed by atoms with Gasteiger partial charge in [0.05, 0.1) is 16.6 Å². The number of rotatable bonds is 2. The molecule has 0 saturated carbocycles. The number of halogens is 1. The number of hydrogen-bond acceptors (Lipinski definition) is 5. The van der Waals surface area contributed by atoms with Crippen molar-refractivity contribution in [3.05, 3.63) is 15.0 Å². The van der Waals surface area contributed by atoms with Crippen molar-refractivity contribution < 1.29 is 4.55 Å². The van der Waals surface area contributed by atoms with Gasteiger partial charge in [-0.1, -0.05) is 11.6 Å². The first-order valence-corrected chi connectivity index (χ1v) is 9.70. The summed E-state index contributed by atoms with van der Waals surface area (Å²) in [6.07, 6.45) is 3.13. The number of nitrogens with one attached hydrogen (secondary N) is 2. The maximum atomic E-state index is 12.6. The monoisotopic (exact) mass is 347 g/mol. The molecule has 0 amide bonds. The van der Waals surface area contributed by atoms with Crippen molar-refractivity contribution in [2.24, 2.45) is 5.41 Å². The van der Waals surface area contributed by atoms with Crippen LogP contribution in [0.25, 0.3) is 0 Å². The molecule has 1 aromatic heterocycles. The maximum absolute atomic E-state index is 12.6. The van der Waals surface area contributed by atoms with Crippen LogP contribution in [0.2, 0.25) is 4.47 Å². The lowest BCUT2D eigenvalue weighted by molar-refractivity contribution is 0.164. The third-order valence-corrected chi connectivity index (χ3v) is 7.31.